The monoisotopic (exact) mass is 413 g/mol. The van der Waals surface area contributed by atoms with E-state index < -0.39 is 0 Å². The van der Waals surface area contributed by atoms with E-state index in [1.165, 1.54) is 19.2 Å². The molecule has 0 saturated carbocycles. The average Bonchev–Trinajstić information content (AvgIpc) is 2.78. The summed E-state index contributed by atoms with van der Waals surface area (Å²) < 4.78 is 18.0. The highest BCUT2D eigenvalue weighted by atomic mass is 19.1. The summed E-state index contributed by atoms with van der Waals surface area (Å²) in [7, 11) is 1.40. The van der Waals surface area contributed by atoms with Crippen molar-refractivity contribution in [1.29, 1.82) is 0 Å². The molecule has 1 aliphatic rings. The zero-order valence-corrected chi connectivity index (χ0v) is 17.4. The summed E-state index contributed by atoms with van der Waals surface area (Å²) in [4.78, 5) is 30.9. The molecule has 7 heteroatoms. The van der Waals surface area contributed by atoms with Gasteiger partial charge in [0.05, 0.1) is 25.3 Å². The van der Waals surface area contributed by atoms with Gasteiger partial charge in [0, 0.05) is 24.2 Å². The molecule has 0 radical (unpaired) electrons. The first-order chi connectivity index (χ1) is 14.5. The molecule has 1 atom stereocenters. The molecule has 30 heavy (non-hydrogen) atoms. The smallest absolute Gasteiger partial charge is 0.309 e. The number of hydrogen-bond acceptors (Lipinski definition) is 5. The van der Waals surface area contributed by atoms with E-state index in [-0.39, 0.29) is 29.5 Å². The molecule has 6 nitrogen and oxygen atoms in total. The molecular formula is C23H28FN3O3. The van der Waals surface area contributed by atoms with Crippen molar-refractivity contribution >= 4 is 11.9 Å². The zero-order chi connectivity index (χ0) is 21.5. The standard InChI is InChI=1S/C23H28FN3O3/c1-16(23(29)30-2)15-27-12-9-18(10-13-27)22(28)26-14-21-20(4-3-11-25-21)17-5-7-19(24)8-6-17/h3-8,11,16,18H,9-10,12-15H2,1-2H3,(H,26,28). The number of benzene rings is 1. The maximum Gasteiger partial charge on any atom is 0.309 e. The van der Waals surface area contributed by atoms with Crippen LogP contribution in [0.25, 0.3) is 11.1 Å². The Morgan fingerprint density at radius 1 is 1.23 bits per heavy atom. The second kappa shape index (κ2) is 10.3. The van der Waals surface area contributed by atoms with E-state index in [2.05, 4.69) is 15.2 Å². The number of carbonyl (C=O) groups excluding carboxylic acids is 2. The highest BCUT2D eigenvalue weighted by Crippen LogP contribution is 2.23. The number of piperidine rings is 1. The van der Waals surface area contributed by atoms with Crippen LogP contribution in [0.4, 0.5) is 4.39 Å². The zero-order valence-electron chi connectivity index (χ0n) is 17.4. The van der Waals surface area contributed by atoms with E-state index in [4.69, 9.17) is 4.74 Å². The van der Waals surface area contributed by atoms with Crippen molar-refractivity contribution in [2.45, 2.75) is 26.3 Å². The van der Waals surface area contributed by atoms with Gasteiger partial charge in [-0.05, 0) is 49.7 Å². The third-order valence-corrected chi connectivity index (χ3v) is 5.57. The molecule has 1 saturated heterocycles. The van der Waals surface area contributed by atoms with Gasteiger partial charge in [0.15, 0.2) is 0 Å². The van der Waals surface area contributed by atoms with E-state index in [1.54, 1.807) is 18.3 Å². The Bertz CT molecular complexity index is 864. The summed E-state index contributed by atoms with van der Waals surface area (Å²) in [6, 6.07) is 10.0. The van der Waals surface area contributed by atoms with Gasteiger partial charge in [0.25, 0.3) is 0 Å². The van der Waals surface area contributed by atoms with Gasteiger partial charge in [-0.2, -0.15) is 0 Å². The molecule has 160 valence electrons. The van der Waals surface area contributed by atoms with Crippen LogP contribution in [0.2, 0.25) is 0 Å². The van der Waals surface area contributed by atoms with Gasteiger partial charge in [-0.1, -0.05) is 25.1 Å². The highest BCUT2D eigenvalue weighted by Gasteiger charge is 2.27. The third kappa shape index (κ3) is 5.63. The first-order valence-corrected chi connectivity index (χ1v) is 10.3. The maximum atomic E-state index is 13.2. The summed E-state index contributed by atoms with van der Waals surface area (Å²) in [5.41, 5.74) is 2.49. The van der Waals surface area contributed by atoms with E-state index in [0.29, 0.717) is 13.1 Å². The molecule has 1 amide bonds. The summed E-state index contributed by atoms with van der Waals surface area (Å²) in [5, 5.41) is 3.01. The summed E-state index contributed by atoms with van der Waals surface area (Å²) in [5.74, 6) is -0.694. The van der Waals surface area contributed by atoms with E-state index in [9.17, 15) is 14.0 Å². The Balaban J connectivity index is 1.52. The van der Waals surface area contributed by atoms with Crippen LogP contribution in [0.5, 0.6) is 0 Å². The number of pyridine rings is 1. The molecule has 1 N–H and O–H groups in total. The number of esters is 1. The topological polar surface area (TPSA) is 71.5 Å². The number of hydrogen-bond donors (Lipinski definition) is 1. The molecule has 2 aromatic rings. The predicted molar refractivity (Wildman–Crippen MR) is 112 cm³/mol. The van der Waals surface area contributed by atoms with Gasteiger partial charge >= 0.3 is 5.97 Å². The van der Waals surface area contributed by atoms with Crippen LogP contribution in [0.3, 0.4) is 0 Å². The Kier molecular flexibility index (Phi) is 7.52. The van der Waals surface area contributed by atoms with Crippen LogP contribution < -0.4 is 5.32 Å². The molecule has 0 bridgehead atoms. The summed E-state index contributed by atoms with van der Waals surface area (Å²) >= 11 is 0. The first kappa shape index (κ1) is 21.9. The Morgan fingerprint density at radius 3 is 2.60 bits per heavy atom. The molecule has 1 unspecified atom stereocenters. The number of aromatic nitrogens is 1. The number of nitrogens with one attached hydrogen (secondary N) is 1. The predicted octanol–water partition coefficient (Wildman–Crippen LogP) is 3.03. The van der Waals surface area contributed by atoms with Crippen LogP contribution in [-0.4, -0.2) is 48.5 Å². The number of nitrogens with zero attached hydrogens (tertiary/aromatic N) is 2. The number of amides is 1. The number of halogens is 1. The SMILES string of the molecule is COC(=O)C(C)CN1CCC(C(=O)NCc2ncccc2-c2ccc(F)cc2)CC1. The summed E-state index contributed by atoms with van der Waals surface area (Å²) in [6.45, 7) is 4.39. The second-order valence-corrected chi connectivity index (χ2v) is 7.72. The second-order valence-electron chi connectivity index (χ2n) is 7.72. The number of rotatable bonds is 7. The fourth-order valence-electron chi connectivity index (χ4n) is 3.83. The molecule has 3 rings (SSSR count). The van der Waals surface area contributed by atoms with E-state index in [1.807, 2.05) is 19.1 Å². The lowest BCUT2D eigenvalue weighted by atomic mass is 9.95. The van der Waals surface area contributed by atoms with Crippen LogP contribution in [0.15, 0.2) is 42.6 Å². The maximum absolute atomic E-state index is 13.2. The minimum absolute atomic E-state index is 0.0198. The van der Waals surface area contributed by atoms with Crippen LogP contribution >= 0.6 is 0 Å². The molecule has 1 fully saturated rings. The first-order valence-electron chi connectivity index (χ1n) is 10.3. The number of methoxy groups -OCH3 is 1. The average molecular weight is 413 g/mol. The van der Waals surface area contributed by atoms with Crippen molar-refractivity contribution in [2.24, 2.45) is 11.8 Å². The van der Waals surface area contributed by atoms with Crippen molar-refractivity contribution < 1.29 is 18.7 Å². The lowest BCUT2D eigenvalue weighted by Gasteiger charge is -2.32. The minimum atomic E-state index is -0.287. The van der Waals surface area contributed by atoms with Crippen molar-refractivity contribution in [2.75, 3.05) is 26.7 Å². The molecular weight excluding hydrogens is 385 g/mol. The van der Waals surface area contributed by atoms with Crippen LogP contribution in [0.1, 0.15) is 25.5 Å². The highest BCUT2D eigenvalue weighted by molar-refractivity contribution is 5.79. The molecule has 1 aromatic heterocycles. The number of ether oxygens (including phenoxy) is 1. The summed E-state index contributed by atoms with van der Waals surface area (Å²) in [6.07, 6.45) is 3.20. The minimum Gasteiger partial charge on any atom is -0.469 e. The quantitative estimate of drug-likeness (QED) is 0.707. The number of carbonyl (C=O) groups is 2. The third-order valence-electron chi connectivity index (χ3n) is 5.57. The molecule has 0 aliphatic carbocycles. The Hall–Kier alpha value is -2.80. The normalized spacial score (nSPS) is 16.1. The fraction of sp³-hybridized carbons (Fsp3) is 0.435. The molecule has 1 aromatic carbocycles. The van der Waals surface area contributed by atoms with Crippen molar-refractivity contribution in [3.63, 3.8) is 0 Å². The lowest BCUT2D eigenvalue weighted by molar-refractivity contribution is -0.145. The Morgan fingerprint density at radius 2 is 1.93 bits per heavy atom. The van der Waals surface area contributed by atoms with Crippen LogP contribution in [-0.2, 0) is 20.9 Å². The molecule has 0 spiro atoms. The lowest BCUT2D eigenvalue weighted by Crippen LogP contribution is -2.42. The van der Waals surface area contributed by atoms with Crippen molar-refractivity contribution in [1.82, 2.24) is 15.2 Å². The van der Waals surface area contributed by atoms with E-state index in [0.717, 1.165) is 42.8 Å². The largest absolute Gasteiger partial charge is 0.469 e. The fourth-order valence-corrected chi connectivity index (χ4v) is 3.83. The van der Waals surface area contributed by atoms with Gasteiger partial charge < -0.3 is 15.0 Å². The van der Waals surface area contributed by atoms with Gasteiger partial charge in [-0.15, -0.1) is 0 Å². The van der Waals surface area contributed by atoms with Gasteiger partial charge in [0.1, 0.15) is 5.82 Å². The van der Waals surface area contributed by atoms with Gasteiger partial charge in [-0.3, -0.25) is 14.6 Å². The molecule has 2 heterocycles. The van der Waals surface area contributed by atoms with Gasteiger partial charge in [0.2, 0.25) is 5.91 Å². The van der Waals surface area contributed by atoms with E-state index >= 15 is 0 Å². The van der Waals surface area contributed by atoms with Crippen molar-refractivity contribution in [3.05, 3.63) is 54.1 Å². The molecule has 1 aliphatic heterocycles. The van der Waals surface area contributed by atoms with Gasteiger partial charge in [-0.25, -0.2) is 4.39 Å². The Labute approximate surface area is 176 Å². The van der Waals surface area contributed by atoms with Crippen LogP contribution in [0, 0.1) is 17.7 Å². The number of likely N-dealkylation sites (tertiary alicyclic amines) is 1. The van der Waals surface area contributed by atoms with Crippen molar-refractivity contribution in [3.8, 4) is 11.1 Å².